The molecule has 1 aromatic heterocycles. The number of likely N-dealkylation sites (tertiary alicyclic amines) is 1. The highest BCUT2D eigenvalue weighted by atomic mass is 16.3. The van der Waals surface area contributed by atoms with Crippen LogP contribution in [0.2, 0.25) is 0 Å². The Bertz CT molecular complexity index is 387. The molecule has 1 saturated heterocycles. The summed E-state index contributed by atoms with van der Waals surface area (Å²) in [5.41, 5.74) is 0. The van der Waals surface area contributed by atoms with Crippen LogP contribution in [0.3, 0.4) is 0 Å². The Morgan fingerprint density at radius 1 is 1.42 bits per heavy atom. The molecule has 1 atom stereocenters. The van der Waals surface area contributed by atoms with Crippen molar-refractivity contribution in [3.63, 3.8) is 0 Å². The van der Waals surface area contributed by atoms with Gasteiger partial charge >= 0.3 is 0 Å². The minimum atomic E-state index is 0.192. The van der Waals surface area contributed by atoms with E-state index in [-0.39, 0.29) is 6.61 Å². The Balaban J connectivity index is 1.87. The summed E-state index contributed by atoms with van der Waals surface area (Å²) in [6.07, 6.45) is 4.69. The number of piperidine rings is 1. The van der Waals surface area contributed by atoms with Crippen LogP contribution in [0.1, 0.15) is 19.3 Å². The topological polar surface area (TPSA) is 73.3 Å². The molecule has 0 bridgehead atoms. The largest absolute Gasteiger partial charge is 0.396 e. The molecule has 6 heteroatoms. The summed E-state index contributed by atoms with van der Waals surface area (Å²) in [7, 11) is 2.15. The van der Waals surface area contributed by atoms with E-state index in [1.54, 1.807) is 6.33 Å². The summed E-state index contributed by atoms with van der Waals surface area (Å²) >= 11 is 0. The maximum atomic E-state index is 8.75. The molecule has 2 rings (SSSR count). The predicted octanol–water partition coefficient (Wildman–Crippen LogP) is 0.777. The number of anilines is 2. The average molecular weight is 265 g/mol. The summed E-state index contributed by atoms with van der Waals surface area (Å²) in [6.45, 7) is 3.14. The first-order chi connectivity index (χ1) is 9.28. The standard InChI is InChI=1S/C13H23N5O/c1-18-6-2-4-11(9-18)17-13-8-12(15-10-16-13)14-5-3-7-19/h8,10-11,19H,2-7,9H2,1H3,(H2,14,15,16,17). The van der Waals surface area contributed by atoms with Crippen molar-refractivity contribution in [3.8, 4) is 0 Å². The Morgan fingerprint density at radius 2 is 2.26 bits per heavy atom. The lowest BCUT2D eigenvalue weighted by atomic mass is 10.1. The smallest absolute Gasteiger partial charge is 0.131 e. The van der Waals surface area contributed by atoms with Crippen LogP contribution in [0.4, 0.5) is 11.6 Å². The fraction of sp³-hybridized carbons (Fsp3) is 0.692. The summed E-state index contributed by atoms with van der Waals surface area (Å²) < 4.78 is 0. The van der Waals surface area contributed by atoms with Gasteiger partial charge in [0, 0.05) is 31.8 Å². The lowest BCUT2D eigenvalue weighted by Gasteiger charge is -2.30. The molecule has 1 unspecified atom stereocenters. The van der Waals surface area contributed by atoms with E-state index in [9.17, 15) is 0 Å². The van der Waals surface area contributed by atoms with Crippen molar-refractivity contribution < 1.29 is 5.11 Å². The second kappa shape index (κ2) is 7.25. The zero-order chi connectivity index (χ0) is 13.5. The molecule has 19 heavy (non-hydrogen) atoms. The van der Waals surface area contributed by atoms with Gasteiger partial charge in [-0.25, -0.2) is 9.97 Å². The van der Waals surface area contributed by atoms with Crippen LogP contribution in [0, 0.1) is 0 Å². The van der Waals surface area contributed by atoms with Crippen molar-refractivity contribution in [2.45, 2.75) is 25.3 Å². The number of hydrogen-bond donors (Lipinski definition) is 3. The SMILES string of the molecule is CN1CCCC(Nc2cc(NCCCO)ncn2)C1. The van der Waals surface area contributed by atoms with E-state index >= 15 is 0 Å². The number of nitrogens with zero attached hydrogens (tertiary/aromatic N) is 3. The van der Waals surface area contributed by atoms with Gasteiger partial charge in [-0.15, -0.1) is 0 Å². The summed E-state index contributed by atoms with van der Waals surface area (Å²) in [4.78, 5) is 10.8. The minimum Gasteiger partial charge on any atom is -0.396 e. The predicted molar refractivity (Wildman–Crippen MR) is 76.4 cm³/mol. The highest BCUT2D eigenvalue weighted by Crippen LogP contribution is 2.15. The van der Waals surface area contributed by atoms with Crippen molar-refractivity contribution in [3.05, 3.63) is 12.4 Å². The van der Waals surface area contributed by atoms with Gasteiger partial charge in [0.15, 0.2) is 0 Å². The molecule has 3 N–H and O–H groups in total. The van der Waals surface area contributed by atoms with Crippen LogP contribution in [-0.4, -0.2) is 59.3 Å². The highest BCUT2D eigenvalue weighted by molar-refractivity contribution is 5.47. The van der Waals surface area contributed by atoms with Crippen molar-refractivity contribution in [2.75, 3.05) is 43.9 Å². The summed E-state index contributed by atoms with van der Waals surface area (Å²) in [5, 5.41) is 15.4. The van der Waals surface area contributed by atoms with Gasteiger partial charge in [0.2, 0.25) is 0 Å². The first-order valence-electron chi connectivity index (χ1n) is 6.90. The van der Waals surface area contributed by atoms with Crippen LogP contribution in [0.25, 0.3) is 0 Å². The van der Waals surface area contributed by atoms with Gasteiger partial charge in [-0.05, 0) is 32.9 Å². The Kier molecular flexibility index (Phi) is 5.35. The van der Waals surface area contributed by atoms with Gasteiger partial charge in [0.25, 0.3) is 0 Å². The molecular weight excluding hydrogens is 242 g/mol. The first-order valence-corrected chi connectivity index (χ1v) is 6.90. The van der Waals surface area contributed by atoms with Gasteiger partial charge in [0.05, 0.1) is 0 Å². The van der Waals surface area contributed by atoms with Crippen molar-refractivity contribution in [1.82, 2.24) is 14.9 Å². The van der Waals surface area contributed by atoms with Crippen molar-refractivity contribution >= 4 is 11.6 Å². The van der Waals surface area contributed by atoms with Gasteiger partial charge in [0.1, 0.15) is 18.0 Å². The molecular formula is C13H23N5O. The molecule has 0 aromatic carbocycles. The van der Waals surface area contributed by atoms with Crippen molar-refractivity contribution in [2.24, 2.45) is 0 Å². The first kappa shape index (κ1) is 14.0. The molecule has 1 fully saturated rings. The number of aromatic nitrogens is 2. The second-order valence-corrected chi connectivity index (χ2v) is 5.04. The van der Waals surface area contributed by atoms with E-state index in [1.807, 2.05) is 6.07 Å². The Hall–Kier alpha value is -1.40. The van der Waals surface area contributed by atoms with E-state index in [0.29, 0.717) is 6.04 Å². The molecule has 1 aromatic rings. The molecule has 0 aliphatic carbocycles. The lowest BCUT2D eigenvalue weighted by Crippen LogP contribution is -2.39. The zero-order valence-electron chi connectivity index (χ0n) is 11.5. The van der Waals surface area contributed by atoms with Crippen LogP contribution in [0.5, 0.6) is 0 Å². The van der Waals surface area contributed by atoms with Gasteiger partial charge in [-0.2, -0.15) is 0 Å². The fourth-order valence-electron chi connectivity index (χ4n) is 2.32. The van der Waals surface area contributed by atoms with Crippen LogP contribution >= 0.6 is 0 Å². The maximum Gasteiger partial charge on any atom is 0.131 e. The number of likely N-dealkylation sites (N-methyl/N-ethyl adjacent to an activating group) is 1. The molecule has 1 aliphatic rings. The quantitative estimate of drug-likeness (QED) is 0.660. The zero-order valence-corrected chi connectivity index (χ0v) is 11.5. The number of hydrogen-bond acceptors (Lipinski definition) is 6. The van der Waals surface area contributed by atoms with Gasteiger partial charge in [-0.1, -0.05) is 0 Å². The minimum absolute atomic E-state index is 0.192. The number of rotatable bonds is 6. The summed E-state index contributed by atoms with van der Waals surface area (Å²) in [6, 6.07) is 2.38. The van der Waals surface area contributed by atoms with Gasteiger partial charge in [-0.3, -0.25) is 0 Å². The van der Waals surface area contributed by atoms with Gasteiger partial charge < -0.3 is 20.6 Å². The molecule has 0 saturated carbocycles. The number of aliphatic hydroxyl groups excluding tert-OH is 1. The summed E-state index contributed by atoms with van der Waals surface area (Å²) in [5.74, 6) is 1.66. The monoisotopic (exact) mass is 265 g/mol. The van der Waals surface area contributed by atoms with E-state index < -0.39 is 0 Å². The molecule has 0 amide bonds. The Morgan fingerprint density at radius 3 is 3.05 bits per heavy atom. The number of nitrogens with one attached hydrogen (secondary N) is 2. The normalized spacial score (nSPS) is 20.2. The van der Waals surface area contributed by atoms with E-state index in [1.165, 1.54) is 19.4 Å². The molecule has 106 valence electrons. The third-order valence-electron chi connectivity index (χ3n) is 3.28. The highest BCUT2D eigenvalue weighted by Gasteiger charge is 2.17. The molecule has 2 heterocycles. The van der Waals surface area contributed by atoms with E-state index in [4.69, 9.17) is 5.11 Å². The van der Waals surface area contributed by atoms with Crippen LogP contribution in [-0.2, 0) is 0 Å². The second-order valence-electron chi connectivity index (χ2n) is 5.04. The van der Waals surface area contributed by atoms with Crippen LogP contribution in [0.15, 0.2) is 12.4 Å². The molecule has 0 radical (unpaired) electrons. The maximum absolute atomic E-state index is 8.75. The molecule has 1 aliphatic heterocycles. The van der Waals surface area contributed by atoms with E-state index in [0.717, 1.165) is 31.1 Å². The third-order valence-corrected chi connectivity index (χ3v) is 3.28. The molecule has 6 nitrogen and oxygen atoms in total. The number of aliphatic hydroxyl groups is 1. The average Bonchev–Trinajstić information content (AvgIpc) is 2.39. The van der Waals surface area contributed by atoms with Crippen molar-refractivity contribution in [1.29, 1.82) is 0 Å². The Labute approximate surface area is 114 Å². The lowest BCUT2D eigenvalue weighted by molar-refractivity contribution is 0.261. The van der Waals surface area contributed by atoms with E-state index in [2.05, 4.69) is 32.5 Å². The van der Waals surface area contributed by atoms with Crippen LogP contribution < -0.4 is 10.6 Å². The third kappa shape index (κ3) is 4.65. The molecule has 0 spiro atoms. The fourth-order valence-corrected chi connectivity index (χ4v) is 2.32.